The van der Waals surface area contributed by atoms with E-state index in [1.54, 1.807) is 6.92 Å². The molecular weight excluding hydrogens is 338 g/mol. The lowest BCUT2D eigenvalue weighted by atomic mass is 10.2. The lowest BCUT2D eigenvalue weighted by Gasteiger charge is -2.24. The lowest BCUT2D eigenvalue weighted by molar-refractivity contribution is -0.384. The standard InChI is InChI=1S/C14H21N3O6S/c1-5-10(2)15-14(18)9-16(24(4,21)22)12-8-11(17(19)20)6-7-13(12)23-3/h6-8,10H,5,9H2,1-4H3,(H,15,18)/t10-/m1/s1. The van der Waals surface area contributed by atoms with Gasteiger partial charge in [0.1, 0.15) is 18.0 Å². The summed E-state index contributed by atoms with van der Waals surface area (Å²) < 4.78 is 30.1. The molecule has 1 atom stereocenters. The fourth-order valence-electron chi connectivity index (χ4n) is 1.92. The number of methoxy groups -OCH3 is 1. The van der Waals surface area contributed by atoms with Crippen molar-refractivity contribution in [3.63, 3.8) is 0 Å². The van der Waals surface area contributed by atoms with Gasteiger partial charge in [-0.05, 0) is 19.4 Å². The number of anilines is 1. The summed E-state index contributed by atoms with van der Waals surface area (Å²) in [6, 6.07) is 3.43. The van der Waals surface area contributed by atoms with Crippen LogP contribution in [0.1, 0.15) is 20.3 Å². The summed E-state index contributed by atoms with van der Waals surface area (Å²) in [6.07, 6.45) is 1.60. The first-order chi connectivity index (χ1) is 11.1. The largest absolute Gasteiger partial charge is 0.495 e. The number of carbonyl (C=O) groups excluding carboxylic acids is 1. The number of rotatable bonds is 8. The SMILES string of the molecule is CC[C@@H](C)NC(=O)CN(c1cc([N+](=O)[O-])ccc1OC)S(C)(=O)=O. The van der Waals surface area contributed by atoms with E-state index in [1.165, 1.54) is 19.2 Å². The number of carbonyl (C=O) groups is 1. The fourth-order valence-corrected chi connectivity index (χ4v) is 2.77. The number of nitrogens with zero attached hydrogens (tertiary/aromatic N) is 2. The Balaban J connectivity index is 3.29. The highest BCUT2D eigenvalue weighted by atomic mass is 32.2. The number of benzene rings is 1. The fraction of sp³-hybridized carbons (Fsp3) is 0.500. The van der Waals surface area contributed by atoms with Crippen LogP contribution in [0, 0.1) is 10.1 Å². The number of amides is 1. The first kappa shape index (κ1) is 19.7. The minimum absolute atomic E-state index is 0.0616. The maximum Gasteiger partial charge on any atom is 0.271 e. The highest BCUT2D eigenvalue weighted by Gasteiger charge is 2.26. The van der Waals surface area contributed by atoms with E-state index in [-0.39, 0.29) is 23.2 Å². The zero-order chi connectivity index (χ0) is 18.5. The van der Waals surface area contributed by atoms with Gasteiger partial charge in [0, 0.05) is 18.2 Å². The third-order valence-electron chi connectivity index (χ3n) is 3.35. The molecule has 134 valence electrons. The molecule has 0 aromatic heterocycles. The van der Waals surface area contributed by atoms with E-state index in [2.05, 4.69) is 5.32 Å². The molecule has 1 aromatic carbocycles. The number of hydrogen-bond acceptors (Lipinski definition) is 6. The second kappa shape index (κ2) is 7.95. The highest BCUT2D eigenvalue weighted by molar-refractivity contribution is 7.92. The Hall–Kier alpha value is -2.36. The van der Waals surface area contributed by atoms with Gasteiger partial charge in [-0.25, -0.2) is 8.42 Å². The summed E-state index contributed by atoms with van der Waals surface area (Å²) in [5.74, 6) is -0.398. The van der Waals surface area contributed by atoms with Gasteiger partial charge in [-0.2, -0.15) is 0 Å². The van der Waals surface area contributed by atoms with Crippen LogP contribution in [0.25, 0.3) is 0 Å². The molecule has 0 saturated heterocycles. The Kier molecular flexibility index (Phi) is 6.52. The number of nitro benzene ring substituents is 1. The molecule has 0 radical (unpaired) electrons. The molecule has 0 unspecified atom stereocenters. The Morgan fingerprint density at radius 2 is 2.08 bits per heavy atom. The number of sulfonamides is 1. The number of nitro groups is 1. The Morgan fingerprint density at radius 1 is 1.46 bits per heavy atom. The lowest BCUT2D eigenvalue weighted by Crippen LogP contribution is -2.43. The van der Waals surface area contributed by atoms with Crippen LogP contribution in [0.15, 0.2) is 18.2 Å². The molecular formula is C14H21N3O6S. The third-order valence-corrected chi connectivity index (χ3v) is 4.48. The van der Waals surface area contributed by atoms with Crippen molar-refractivity contribution in [1.29, 1.82) is 0 Å². The van der Waals surface area contributed by atoms with E-state index in [4.69, 9.17) is 4.74 Å². The first-order valence-corrected chi connectivity index (χ1v) is 9.04. The summed E-state index contributed by atoms with van der Waals surface area (Å²) in [5, 5.41) is 13.6. The maximum absolute atomic E-state index is 12.1. The van der Waals surface area contributed by atoms with Crippen molar-refractivity contribution in [3.05, 3.63) is 28.3 Å². The minimum atomic E-state index is -3.86. The normalized spacial score (nSPS) is 12.3. The van der Waals surface area contributed by atoms with Gasteiger partial charge in [-0.1, -0.05) is 6.92 Å². The van der Waals surface area contributed by atoms with Crippen molar-refractivity contribution in [3.8, 4) is 5.75 Å². The topological polar surface area (TPSA) is 119 Å². The molecule has 1 rings (SSSR count). The van der Waals surface area contributed by atoms with Crippen LogP contribution >= 0.6 is 0 Å². The van der Waals surface area contributed by atoms with Crippen molar-refractivity contribution < 1.29 is 22.9 Å². The number of nitrogens with one attached hydrogen (secondary N) is 1. The van der Waals surface area contributed by atoms with Crippen LogP contribution in [0.3, 0.4) is 0 Å². The average molecular weight is 359 g/mol. The molecule has 1 aromatic rings. The minimum Gasteiger partial charge on any atom is -0.495 e. The number of hydrogen-bond donors (Lipinski definition) is 1. The van der Waals surface area contributed by atoms with Crippen molar-refractivity contribution in [2.45, 2.75) is 26.3 Å². The molecule has 0 fully saturated rings. The molecule has 0 aliphatic heterocycles. The van der Waals surface area contributed by atoms with Gasteiger partial charge in [0.05, 0.1) is 18.3 Å². The maximum atomic E-state index is 12.1. The van der Waals surface area contributed by atoms with Gasteiger partial charge in [0.25, 0.3) is 5.69 Å². The smallest absolute Gasteiger partial charge is 0.271 e. The number of non-ortho nitro benzene ring substituents is 1. The van der Waals surface area contributed by atoms with E-state index in [9.17, 15) is 23.3 Å². The van der Waals surface area contributed by atoms with Crippen LogP contribution in [-0.4, -0.2) is 45.2 Å². The number of ether oxygens (including phenoxy) is 1. The van der Waals surface area contributed by atoms with Crippen molar-refractivity contribution >= 4 is 27.3 Å². The van der Waals surface area contributed by atoms with Gasteiger partial charge in [0.2, 0.25) is 15.9 Å². The zero-order valence-electron chi connectivity index (χ0n) is 14.0. The molecule has 0 bridgehead atoms. The predicted octanol–water partition coefficient (Wildman–Crippen LogP) is 1.28. The molecule has 0 aliphatic rings. The van der Waals surface area contributed by atoms with Crippen LogP contribution in [0.4, 0.5) is 11.4 Å². The van der Waals surface area contributed by atoms with Gasteiger partial charge in [-0.3, -0.25) is 19.2 Å². The Morgan fingerprint density at radius 3 is 2.54 bits per heavy atom. The van der Waals surface area contributed by atoms with Crippen molar-refractivity contribution in [1.82, 2.24) is 5.32 Å². The zero-order valence-corrected chi connectivity index (χ0v) is 14.8. The third kappa shape index (κ3) is 5.08. The summed E-state index contributed by atoms with van der Waals surface area (Å²) >= 11 is 0. The average Bonchev–Trinajstić information content (AvgIpc) is 2.50. The second-order valence-corrected chi connectivity index (χ2v) is 7.17. The van der Waals surface area contributed by atoms with E-state index in [0.717, 1.165) is 16.6 Å². The molecule has 1 amide bonds. The quantitative estimate of drug-likeness (QED) is 0.552. The van der Waals surface area contributed by atoms with Crippen LogP contribution in [0.2, 0.25) is 0 Å². The molecule has 0 aliphatic carbocycles. The summed E-state index contributed by atoms with van der Waals surface area (Å²) in [5.41, 5.74) is -0.365. The van der Waals surface area contributed by atoms with Crippen molar-refractivity contribution in [2.75, 3.05) is 24.2 Å². The first-order valence-electron chi connectivity index (χ1n) is 7.19. The molecule has 10 heteroatoms. The van der Waals surface area contributed by atoms with Gasteiger partial charge >= 0.3 is 0 Å². The van der Waals surface area contributed by atoms with Crippen LogP contribution in [0.5, 0.6) is 5.75 Å². The van der Waals surface area contributed by atoms with E-state index in [1.807, 2.05) is 6.92 Å². The molecule has 24 heavy (non-hydrogen) atoms. The van der Waals surface area contributed by atoms with Crippen LogP contribution < -0.4 is 14.4 Å². The predicted molar refractivity (Wildman–Crippen MR) is 89.7 cm³/mol. The second-order valence-electron chi connectivity index (χ2n) is 5.26. The van der Waals surface area contributed by atoms with Gasteiger partial charge in [0.15, 0.2) is 0 Å². The highest BCUT2D eigenvalue weighted by Crippen LogP contribution is 2.33. The van der Waals surface area contributed by atoms with E-state index >= 15 is 0 Å². The van der Waals surface area contributed by atoms with E-state index < -0.39 is 27.4 Å². The molecule has 9 nitrogen and oxygen atoms in total. The summed E-state index contributed by atoms with van der Waals surface area (Å²) in [6.45, 7) is 3.17. The molecule has 1 N–H and O–H groups in total. The Labute approximate surface area is 140 Å². The molecule has 0 saturated carbocycles. The van der Waals surface area contributed by atoms with Gasteiger partial charge < -0.3 is 10.1 Å². The Bertz CT molecular complexity index is 719. The van der Waals surface area contributed by atoms with Crippen LogP contribution in [-0.2, 0) is 14.8 Å². The summed E-state index contributed by atoms with van der Waals surface area (Å²) in [4.78, 5) is 22.4. The van der Waals surface area contributed by atoms with Crippen molar-refractivity contribution in [2.24, 2.45) is 0 Å². The molecule has 0 spiro atoms. The molecule has 0 heterocycles. The monoisotopic (exact) mass is 359 g/mol. The van der Waals surface area contributed by atoms with E-state index in [0.29, 0.717) is 6.42 Å². The van der Waals surface area contributed by atoms with Gasteiger partial charge in [-0.15, -0.1) is 0 Å². The summed E-state index contributed by atoms with van der Waals surface area (Å²) in [7, 11) is -2.55.